The molecule has 3 rings (SSSR count). The molecule has 152 valence electrons. The summed E-state index contributed by atoms with van der Waals surface area (Å²) in [7, 11) is 1.29. The quantitative estimate of drug-likeness (QED) is 0.601. The van der Waals surface area contributed by atoms with Crippen molar-refractivity contribution in [1.29, 1.82) is 0 Å². The largest absolute Gasteiger partial charge is 0.550 e. The maximum absolute atomic E-state index is 12.8. The van der Waals surface area contributed by atoms with Crippen LogP contribution in [0, 0.1) is 25.7 Å². The number of hydrogen-bond acceptors (Lipinski definition) is 6. The van der Waals surface area contributed by atoms with E-state index in [2.05, 4.69) is 5.32 Å². The van der Waals surface area contributed by atoms with Crippen molar-refractivity contribution >= 4 is 34.2 Å². The number of esters is 1. The minimum absolute atomic E-state index is 0.253. The second-order valence-corrected chi connectivity index (χ2v) is 7.99. The molecular formula is C22H22NO5S-. The minimum atomic E-state index is -1.25. The summed E-state index contributed by atoms with van der Waals surface area (Å²) in [6.45, 7) is 3.99. The molecule has 1 amide bonds. The number of amides is 1. The fraction of sp³-hybridized carbons (Fsp3) is 0.318. The normalized spacial score (nSPS) is 18.3. The molecule has 1 aliphatic rings. The monoisotopic (exact) mass is 412 g/mol. The fourth-order valence-electron chi connectivity index (χ4n) is 3.45. The summed E-state index contributed by atoms with van der Waals surface area (Å²) in [6.07, 6.45) is 4.10. The molecule has 0 aliphatic heterocycles. The van der Waals surface area contributed by atoms with Crippen LogP contribution >= 0.6 is 11.3 Å². The van der Waals surface area contributed by atoms with E-state index in [-0.39, 0.29) is 12.0 Å². The molecule has 2 atom stereocenters. The lowest BCUT2D eigenvalue weighted by Gasteiger charge is -2.28. The standard InChI is InChI=1S/C22H23NO5S/c1-12-8-9-14(10-13(12)2)17-11-29-20(18(17)22(27)28-3)23-19(24)15-6-4-5-7-16(15)21(25)26/h4-5,8-11,15-16H,6-7H2,1-3H3,(H,23,24)(H,25,26)/p-1/t15-,16-/m0/s1. The number of aliphatic carboxylic acids is 1. The third-order valence-electron chi connectivity index (χ3n) is 5.31. The van der Waals surface area contributed by atoms with Crippen LogP contribution in [0.4, 0.5) is 5.00 Å². The Bertz CT molecular complexity index is 991. The van der Waals surface area contributed by atoms with E-state index in [0.717, 1.165) is 16.7 Å². The van der Waals surface area contributed by atoms with Crippen molar-refractivity contribution in [2.24, 2.45) is 11.8 Å². The first kappa shape index (κ1) is 20.8. The average molecular weight is 412 g/mol. The van der Waals surface area contributed by atoms with Gasteiger partial charge in [0.15, 0.2) is 0 Å². The maximum Gasteiger partial charge on any atom is 0.341 e. The zero-order valence-electron chi connectivity index (χ0n) is 16.5. The molecule has 0 unspecified atom stereocenters. The molecule has 1 N–H and O–H groups in total. The Hall–Kier alpha value is -2.93. The molecule has 0 saturated heterocycles. The highest BCUT2D eigenvalue weighted by molar-refractivity contribution is 7.15. The number of ether oxygens (including phenoxy) is 1. The highest BCUT2D eigenvalue weighted by atomic mass is 32.1. The number of carboxylic acid groups (broad SMARTS) is 1. The predicted octanol–water partition coefficient (Wildman–Crippen LogP) is 3.09. The van der Waals surface area contributed by atoms with E-state index in [1.165, 1.54) is 18.4 Å². The van der Waals surface area contributed by atoms with Gasteiger partial charge in [0, 0.05) is 22.8 Å². The van der Waals surface area contributed by atoms with Gasteiger partial charge in [0.05, 0.1) is 13.0 Å². The number of allylic oxidation sites excluding steroid dienone is 2. The van der Waals surface area contributed by atoms with E-state index in [4.69, 9.17) is 4.74 Å². The summed E-state index contributed by atoms with van der Waals surface area (Å²) in [5.41, 5.74) is 4.00. The van der Waals surface area contributed by atoms with Gasteiger partial charge in [0.1, 0.15) is 10.6 Å². The van der Waals surface area contributed by atoms with Crippen LogP contribution in [-0.2, 0) is 14.3 Å². The second kappa shape index (κ2) is 8.61. The lowest BCUT2D eigenvalue weighted by atomic mass is 9.82. The zero-order valence-corrected chi connectivity index (χ0v) is 17.3. The van der Waals surface area contributed by atoms with Crippen LogP contribution in [0.3, 0.4) is 0 Å². The summed E-state index contributed by atoms with van der Waals surface area (Å²) in [5, 5.41) is 16.3. The molecule has 29 heavy (non-hydrogen) atoms. The number of carboxylic acids is 1. The average Bonchev–Trinajstić information content (AvgIpc) is 3.12. The molecule has 0 bridgehead atoms. The van der Waals surface area contributed by atoms with Crippen LogP contribution in [0.1, 0.15) is 34.3 Å². The van der Waals surface area contributed by atoms with Crippen LogP contribution < -0.4 is 10.4 Å². The summed E-state index contributed by atoms with van der Waals surface area (Å²) < 4.78 is 4.94. The molecule has 0 spiro atoms. The van der Waals surface area contributed by atoms with Gasteiger partial charge in [0.25, 0.3) is 0 Å². The van der Waals surface area contributed by atoms with E-state index in [1.807, 2.05) is 32.0 Å². The van der Waals surface area contributed by atoms with Crippen molar-refractivity contribution in [3.8, 4) is 11.1 Å². The van der Waals surface area contributed by atoms with E-state index in [9.17, 15) is 19.5 Å². The molecule has 1 aromatic carbocycles. The Morgan fingerprint density at radius 2 is 1.79 bits per heavy atom. The topological polar surface area (TPSA) is 95.5 Å². The van der Waals surface area contributed by atoms with Crippen LogP contribution in [0.5, 0.6) is 0 Å². The number of hydrogen-bond donors (Lipinski definition) is 1. The minimum Gasteiger partial charge on any atom is -0.550 e. The summed E-state index contributed by atoms with van der Waals surface area (Å²) in [6, 6.07) is 5.87. The summed E-state index contributed by atoms with van der Waals surface area (Å²) in [4.78, 5) is 36.7. The van der Waals surface area contributed by atoms with Gasteiger partial charge in [-0.2, -0.15) is 0 Å². The third-order valence-corrected chi connectivity index (χ3v) is 6.20. The Morgan fingerprint density at radius 3 is 2.41 bits per heavy atom. The summed E-state index contributed by atoms with van der Waals surface area (Å²) in [5.74, 6) is -3.88. The number of carbonyl (C=O) groups excluding carboxylic acids is 3. The summed E-state index contributed by atoms with van der Waals surface area (Å²) >= 11 is 1.21. The SMILES string of the molecule is COC(=O)c1c(-c2ccc(C)c(C)c2)csc1NC(=O)[C@H]1CC=CC[C@@H]1C(=O)[O-]. The molecule has 1 aromatic heterocycles. The Labute approximate surface area is 173 Å². The van der Waals surface area contributed by atoms with Gasteiger partial charge < -0.3 is 20.0 Å². The second-order valence-electron chi connectivity index (χ2n) is 7.11. The lowest BCUT2D eigenvalue weighted by molar-refractivity contribution is -0.313. The number of carbonyl (C=O) groups is 3. The Morgan fingerprint density at radius 1 is 1.10 bits per heavy atom. The fourth-order valence-corrected chi connectivity index (χ4v) is 4.41. The van der Waals surface area contributed by atoms with Crippen LogP contribution in [0.2, 0.25) is 0 Å². The molecule has 1 heterocycles. The number of anilines is 1. The predicted molar refractivity (Wildman–Crippen MR) is 110 cm³/mol. The zero-order chi connectivity index (χ0) is 21.1. The van der Waals surface area contributed by atoms with Gasteiger partial charge >= 0.3 is 5.97 Å². The number of methoxy groups -OCH3 is 1. The van der Waals surface area contributed by atoms with E-state index in [1.54, 1.807) is 17.5 Å². The Kier molecular flexibility index (Phi) is 6.17. The van der Waals surface area contributed by atoms with Gasteiger partial charge in [-0.05, 0) is 43.4 Å². The highest BCUT2D eigenvalue weighted by Gasteiger charge is 2.31. The van der Waals surface area contributed by atoms with Crippen LogP contribution in [-0.4, -0.2) is 25.0 Å². The van der Waals surface area contributed by atoms with Crippen molar-refractivity contribution in [2.45, 2.75) is 26.7 Å². The van der Waals surface area contributed by atoms with Crippen molar-refractivity contribution in [2.75, 3.05) is 12.4 Å². The molecule has 2 aromatic rings. The number of aryl methyl sites for hydroxylation is 2. The first-order valence-electron chi connectivity index (χ1n) is 9.27. The van der Waals surface area contributed by atoms with Crippen LogP contribution in [0.15, 0.2) is 35.7 Å². The maximum atomic E-state index is 12.8. The molecule has 6 nitrogen and oxygen atoms in total. The molecular weight excluding hydrogens is 390 g/mol. The third kappa shape index (κ3) is 4.24. The van der Waals surface area contributed by atoms with Crippen molar-refractivity contribution in [3.63, 3.8) is 0 Å². The molecule has 0 radical (unpaired) electrons. The molecule has 7 heteroatoms. The van der Waals surface area contributed by atoms with Gasteiger partial charge in [-0.15, -0.1) is 11.3 Å². The highest BCUT2D eigenvalue weighted by Crippen LogP contribution is 2.38. The number of rotatable bonds is 5. The Balaban J connectivity index is 1.95. The molecule has 0 fully saturated rings. The van der Waals surface area contributed by atoms with Gasteiger partial charge in [-0.3, -0.25) is 4.79 Å². The van der Waals surface area contributed by atoms with Crippen LogP contribution in [0.25, 0.3) is 11.1 Å². The van der Waals surface area contributed by atoms with Crippen molar-refractivity contribution < 1.29 is 24.2 Å². The van der Waals surface area contributed by atoms with Gasteiger partial charge in [0.2, 0.25) is 5.91 Å². The number of thiophene rings is 1. The van der Waals surface area contributed by atoms with Gasteiger partial charge in [-0.1, -0.05) is 30.4 Å². The lowest BCUT2D eigenvalue weighted by Crippen LogP contribution is -2.41. The first-order valence-corrected chi connectivity index (χ1v) is 10.2. The van der Waals surface area contributed by atoms with E-state index in [0.29, 0.717) is 17.0 Å². The van der Waals surface area contributed by atoms with Crippen molar-refractivity contribution in [1.82, 2.24) is 0 Å². The first-order chi connectivity index (χ1) is 13.8. The van der Waals surface area contributed by atoms with E-state index < -0.39 is 29.7 Å². The van der Waals surface area contributed by atoms with Crippen molar-refractivity contribution in [3.05, 3.63) is 52.4 Å². The number of nitrogens with one attached hydrogen (secondary N) is 1. The van der Waals surface area contributed by atoms with E-state index >= 15 is 0 Å². The smallest absolute Gasteiger partial charge is 0.341 e. The molecule has 0 saturated carbocycles. The molecule has 1 aliphatic carbocycles. The number of benzene rings is 1. The van der Waals surface area contributed by atoms with Gasteiger partial charge in [-0.25, -0.2) is 4.79 Å².